The molecule has 5 aliphatic rings. The number of hydrogen-bond acceptors (Lipinski definition) is 13. The van der Waals surface area contributed by atoms with Crippen LogP contribution < -0.4 is 16.0 Å². The molecule has 1 saturated carbocycles. The third-order valence-electron chi connectivity index (χ3n) is 16.0. The topological polar surface area (TPSA) is 195 Å². The van der Waals surface area contributed by atoms with E-state index >= 15 is 0 Å². The Morgan fingerprint density at radius 1 is 0.890 bits per heavy atom. The van der Waals surface area contributed by atoms with Gasteiger partial charge in [-0.2, -0.15) is 13.2 Å². The summed E-state index contributed by atoms with van der Waals surface area (Å²) in [6.45, 7) is 9.19. The van der Waals surface area contributed by atoms with E-state index in [2.05, 4.69) is 61.6 Å². The molecule has 3 aromatic rings. The van der Waals surface area contributed by atoms with Crippen molar-refractivity contribution in [1.29, 1.82) is 0 Å². The number of ether oxygens (including phenoxy) is 2. The molecule has 5 fully saturated rings. The lowest BCUT2D eigenvalue weighted by atomic mass is 9.83. The van der Waals surface area contributed by atoms with E-state index in [9.17, 15) is 37.1 Å². The highest BCUT2D eigenvalue weighted by atomic mass is 19.4. The first-order valence-electron chi connectivity index (χ1n) is 26.1. The highest BCUT2D eigenvalue weighted by Gasteiger charge is 2.45. The quantitative estimate of drug-likeness (QED) is 0.144. The first kappa shape index (κ1) is 53.8. The molecule has 73 heavy (non-hydrogen) atoms. The molecule has 1 aromatic carbocycles. The Balaban J connectivity index is 0.732. The van der Waals surface area contributed by atoms with E-state index < -0.39 is 23.7 Å². The molecule has 1 aliphatic carbocycles. The van der Waals surface area contributed by atoms with E-state index in [4.69, 9.17) is 9.47 Å². The number of benzene rings is 1. The van der Waals surface area contributed by atoms with Crippen LogP contribution in [0.15, 0.2) is 49.1 Å². The summed E-state index contributed by atoms with van der Waals surface area (Å²) >= 11 is 0. The molecule has 6 heterocycles. The van der Waals surface area contributed by atoms with Gasteiger partial charge in [0.2, 0.25) is 29.5 Å². The van der Waals surface area contributed by atoms with Crippen molar-refractivity contribution in [2.75, 3.05) is 85.1 Å². The minimum Gasteiger partial charge on any atom is -0.379 e. The fraction of sp³-hybridized carbons (Fsp3) is 0.654. The number of aromatic nitrogens is 3. The molecule has 21 heteroatoms. The van der Waals surface area contributed by atoms with Crippen molar-refractivity contribution in [3.8, 4) is 0 Å². The van der Waals surface area contributed by atoms with Crippen LogP contribution >= 0.6 is 0 Å². The van der Waals surface area contributed by atoms with Crippen LogP contribution in [0.5, 0.6) is 0 Å². The second-order valence-electron chi connectivity index (χ2n) is 20.6. The maximum atomic E-state index is 14.1. The summed E-state index contributed by atoms with van der Waals surface area (Å²) in [4.78, 5) is 89.4. The minimum absolute atomic E-state index is 0.0118. The maximum Gasteiger partial charge on any atom is 0.416 e. The van der Waals surface area contributed by atoms with Crippen molar-refractivity contribution in [3.63, 3.8) is 0 Å². The van der Waals surface area contributed by atoms with Gasteiger partial charge in [-0.05, 0) is 115 Å². The highest BCUT2D eigenvalue weighted by Crippen LogP contribution is 2.38. The molecule has 5 amide bonds. The largest absolute Gasteiger partial charge is 0.416 e. The lowest BCUT2D eigenvalue weighted by Crippen LogP contribution is -2.59. The maximum absolute atomic E-state index is 14.1. The zero-order chi connectivity index (χ0) is 51.8. The molecule has 8 rings (SSSR count). The number of likely N-dealkylation sites (tertiary alicyclic amines) is 4. The Hall–Kier alpha value is -5.51. The van der Waals surface area contributed by atoms with Gasteiger partial charge in [-0.1, -0.05) is 6.07 Å². The SMILES string of the molecule is CC(C)N(C)[C@@H]1CC[C@H](N2CC[C@H](Nc3ncnc4ccc(C(F)(F)F)cc34)C2=O)[C@H](NC(=O)C2CCN(C3CCN(C(=O)CCOCCOCCNC(=O)[C@H]4CC(=O)N(C)[C@@H]4c4cccnc4)CC3)CC2)C1. The van der Waals surface area contributed by atoms with E-state index in [0.717, 1.165) is 62.9 Å². The zero-order valence-electron chi connectivity index (χ0n) is 42.5. The fourth-order valence-corrected chi connectivity index (χ4v) is 11.6. The molecular weight excluding hydrogens is 948 g/mol. The van der Waals surface area contributed by atoms with Gasteiger partial charge in [-0.15, -0.1) is 0 Å². The van der Waals surface area contributed by atoms with Crippen molar-refractivity contribution in [2.24, 2.45) is 11.8 Å². The van der Waals surface area contributed by atoms with Gasteiger partial charge in [0, 0.05) is 81.5 Å². The normalized spacial score (nSPS) is 24.8. The van der Waals surface area contributed by atoms with Crippen molar-refractivity contribution < 1.29 is 46.6 Å². The number of alkyl halides is 3. The fourth-order valence-electron chi connectivity index (χ4n) is 11.6. The highest BCUT2D eigenvalue weighted by molar-refractivity contribution is 5.93. The van der Waals surface area contributed by atoms with Gasteiger partial charge in [0.1, 0.15) is 18.2 Å². The summed E-state index contributed by atoms with van der Waals surface area (Å²) in [5, 5.41) is 9.65. The Kier molecular flexibility index (Phi) is 17.8. The number of nitrogens with zero attached hydrogens (tertiary/aromatic N) is 8. The summed E-state index contributed by atoms with van der Waals surface area (Å²) in [5.74, 6) is -0.851. The molecule has 0 unspecified atom stereocenters. The molecule has 398 valence electrons. The van der Waals surface area contributed by atoms with Crippen LogP contribution in [0.25, 0.3) is 10.9 Å². The van der Waals surface area contributed by atoms with Gasteiger partial charge in [0.05, 0.1) is 68.0 Å². The van der Waals surface area contributed by atoms with Gasteiger partial charge in [0.25, 0.3) is 0 Å². The van der Waals surface area contributed by atoms with E-state index in [1.54, 1.807) is 30.4 Å². The third-order valence-corrected chi connectivity index (χ3v) is 16.0. The molecule has 18 nitrogen and oxygen atoms in total. The third kappa shape index (κ3) is 13.1. The number of fused-ring (bicyclic) bond motifs is 1. The molecule has 0 spiro atoms. The summed E-state index contributed by atoms with van der Waals surface area (Å²) in [6.07, 6.45) is 6.38. The van der Waals surface area contributed by atoms with Crippen molar-refractivity contribution >= 4 is 46.3 Å². The van der Waals surface area contributed by atoms with Crippen LogP contribution in [-0.2, 0) is 39.6 Å². The number of rotatable bonds is 19. The number of amides is 5. The van der Waals surface area contributed by atoms with Crippen molar-refractivity contribution in [1.82, 2.24) is 50.1 Å². The predicted molar refractivity (Wildman–Crippen MR) is 266 cm³/mol. The van der Waals surface area contributed by atoms with Gasteiger partial charge in [-0.25, -0.2) is 9.97 Å². The zero-order valence-corrected chi connectivity index (χ0v) is 42.5. The second-order valence-corrected chi connectivity index (χ2v) is 20.6. The predicted octanol–water partition coefficient (Wildman–Crippen LogP) is 4.26. The summed E-state index contributed by atoms with van der Waals surface area (Å²) in [7, 11) is 3.81. The Morgan fingerprint density at radius 2 is 1.64 bits per heavy atom. The number of halogens is 3. The number of pyridine rings is 1. The van der Waals surface area contributed by atoms with Crippen LogP contribution in [0.1, 0.15) is 95.2 Å². The molecule has 0 bridgehead atoms. The lowest BCUT2D eigenvalue weighted by Gasteiger charge is -2.45. The number of anilines is 1. The van der Waals surface area contributed by atoms with Crippen LogP contribution in [-0.4, -0.2) is 185 Å². The first-order valence-corrected chi connectivity index (χ1v) is 26.1. The van der Waals surface area contributed by atoms with Gasteiger partial charge in [0.15, 0.2) is 0 Å². The lowest BCUT2D eigenvalue weighted by molar-refractivity contribution is -0.137. The second kappa shape index (κ2) is 24.2. The van der Waals surface area contributed by atoms with E-state index in [-0.39, 0.29) is 90.3 Å². The van der Waals surface area contributed by atoms with Gasteiger partial charge in [-0.3, -0.25) is 29.0 Å². The molecule has 3 N–H and O–H groups in total. The summed E-state index contributed by atoms with van der Waals surface area (Å²) < 4.78 is 52.2. The van der Waals surface area contributed by atoms with Gasteiger partial charge < -0.3 is 49.9 Å². The standard InChI is InChI=1S/C52H72F3N11O7/c1-33(2)62(3)38-8-10-44(66-23-15-42(51(66)71)60-48-39-28-36(52(53,54)55)7-9-41(39)58-32-59-48)43(29-38)61-49(69)34-11-19-64(20-12-34)37-13-21-65(22-14-37)45(67)16-24-72-26-27-73-25-18-57-50(70)40-30-46(68)63(4)47(40)35-6-5-17-56-31-35/h5-7,9,17,28,31-34,37-38,40,42-44,47H,8,10-16,18-27,29-30H2,1-4H3,(H,57,70)(H,61,69)(H,58,59,60)/t38-,40+,42+,43-,44+,47-/m1/s1. The number of carbonyl (C=O) groups excluding carboxylic acids is 5. The number of carbonyl (C=O) groups is 5. The van der Waals surface area contributed by atoms with Crippen LogP contribution in [0.2, 0.25) is 0 Å². The van der Waals surface area contributed by atoms with Gasteiger partial charge >= 0.3 is 6.18 Å². The van der Waals surface area contributed by atoms with Crippen LogP contribution in [0, 0.1) is 11.8 Å². The molecule has 2 aromatic heterocycles. The first-order chi connectivity index (χ1) is 35.1. The van der Waals surface area contributed by atoms with E-state index in [0.29, 0.717) is 82.9 Å². The van der Waals surface area contributed by atoms with Crippen LogP contribution in [0.4, 0.5) is 19.0 Å². The molecule has 6 atom stereocenters. The Labute approximate surface area is 425 Å². The number of piperidine rings is 2. The van der Waals surface area contributed by atoms with Crippen molar-refractivity contribution in [2.45, 2.75) is 127 Å². The number of nitrogens with one attached hydrogen (secondary N) is 3. The van der Waals surface area contributed by atoms with E-state index in [1.807, 2.05) is 15.9 Å². The monoisotopic (exact) mass is 1020 g/mol. The number of hydrogen-bond donors (Lipinski definition) is 3. The summed E-state index contributed by atoms with van der Waals surface area (Å²) in [5.41, 5.74) is 0.347. The van der Waals surface area contributed by atoms with Crippen molar-refractivity contribution in [3.05, 3.63) is 60.2 Å². The molecule has 0 radical (unpaired) electrons. The van der Waals surface area contributed by atoms with E-state index in [1.165, 1.54) is 12.4 Å². The smallest absolute Gasteiger partial charge is 0.379 e. The summed E-state index contributed by atoms with van der Waals surface area (Å²) in [6, 6.07) is 6.30. The average Bonchev–Trinajstić information content (AvgIpc) is 3.91. The Bertz CT molecular complexity index is 2380. The Morgan fingerprint density at radius 3 is 2.36 bits per heavy atom. The average molecular weight is 1020 g/mol. The van der Waals surface area contributed by atoms with Crippen LogP contribution in [0.3, 0.4) is 0 Å². The minimum atomic E-state index is -4.54. The molecular formula is C52H72F3N11O7. The molecule has 4 saturated heterocycles. The molecule has 4 aliphatic heterocycles.